The Labute approximate surface area is 124 Å². The number of aliphatic hydroxyl groups is 1. The van der Waals surface area contributed by atoms with Crippen molar-refractivity contribution >= 4 is 5.91 Å². The van der Waals surface area contributed by atoms with Crippen LogP contribution in [0, 0.1) is 0 Å². The maximum Gasteiger partial charge on any atom is 0.416 e. The van der Waals surface area contributed by atoms with Crippen molar-refractivity contribution in [3.05, 3.63) is 59.5 Å². The Morgan fingerprint density at radius 1 is 1.27 bits per heavy atom. The molecule has 0 fully saturated rings. The number of benzene rings is 1. The number of carbonyl (C=O) groups excluding carboxylic acids is 1. The molecule has 0 bridgehead atoms. The second kappa shape index (κ2) is 5.84. The van der Waals surface area contributed by atoms with Crippen LogP contribution in [0.25, 0.3) is 0 Å². The first-order valence-electron chi connectivity index (χ1n) is 6.42. The van der Waals surface area contributed by atoms with Gasteiger partial charge in [0, 0.05) is 5.56 Å². The van der Waals surface area contributed by atoms with E-state index in [1.165, 1.54) is 25.3 Å². The van der Waals surface area contributed by atoms with Crippen LogP contribution in [-0.2, 0) is 11.8 Å². The lowest BCUT2D eigenvalue weighted by Gasteiger charge is -2.21. The summed E-state index contributed by atoms with van der Waals surface area (Å²) in [6, 6.07) is 7.19. The summed E-state index contributed by atoms with van der Waals surface area (Å²) in [5.74, 6) is -0.463. The third-order valence-corrected chi connectivity index (χ3v) is 3.10. The lowest BCUT2D eigenvalue weighted by Crippen LogP contribution is -2.38. The van der Waals surface area contributed by atoms with Gasteiger partial charge in [0.05, 0.1) is 18.4 Å². The Balaban J connectivity index is 2.07. The lowest BCUT2D eigenvalue weighted by molar-refractivity contribution is -0.137. The van der Waals surface area contributed by atoms with Gasteiger partial charge in [-0.25, -0.2) is 0 Å². The predicted octanol–water partition coefficient (Wildman–Crippen LogP) is 2.94. The molecule has 2 N–H and O–H groups in total. The van der Waals surface area contributed by atoms with Gasteiger partial charge in [0.25, 0.3) is 5.91 Å². The molecule has 1 aromatic heterocycles. The summed E-state index contributed by atoms with van der Waals surface area (Å²) < 4.78 is 42.9. The van der Waals surface area contributed by atoms with Crippen molar-refractivity contribution in [3.8, 4) is 0 Å². The predicted molar refractivity (Wildman–Crippen MR) is 72.1 cm³/mol. The molecule has 0 saturated heterocycles. The van der Waals surface area contributed by atoms with Crippen LogP contribution in [0.15, 0.2) is 47.1 Å². The average Bonchev–Trinajstić information content (AvgIpc) is 2.99. The van der Waals surface area contributed by atoms with Gasteiger partial charge in [-0.1, -0.05) is 6.07 Å². The van der Waals surface area contributed by atoms with E-state index in [1.807, 2.05) is 0 Å². The molecule has 1 amide bonds. The fraction of sp³-hybridized carbons (Fsp3) is 0.267. The van der Waals surface area contributed by atoms with E-state index in [2.05, 4.69) is 5.32 Å². The van der Waals surface area contributed by atoms with Crippen LogP contribution in [0.1, 0.15) is 28.6 Å². The summed E-state index contributed by atoms with van der Waals surface area (Å²) in [5, 5.41) is 12.6. The van der Waals surface area contributed by atoms with Gasteiger partial charge in [0.1, 0.15) is 11.4 Å². The second-order valence-corrected chi connectivity index (χ2v) is 5.01. The summed E-state index contributed by atoms with van der Waals surface area (Å²) in [4.78, 5) is 11.9. The molecule has 118 valence electrons. The number of carbonyl (C=O) groups is 1. The third kappa shape index (κ3) is 3.67. The molecule has 1 heterocycles. The molecule has 0 aliphatic heterocycles. The van der Waals surface area contributed by atoms with E-state index in [1.54, 1.807) is 6.07 Å². The molecule has 0 aliphatic rings. The standard InChI is InChI=1S/C15H14F3NO3/c1-14(21,12-6-3-7-22-12)9-19-13(20)10-4-2-5-11(8-10)15(16,17)18/h2-8,21H,9H2,1H3,(H,19,20). The largest absolute Gasteiger partial charge is 0.466 e. The summed E-state index contributed by atoms with van der Waals surface area (Å²) >= 11 is 0. The minimum absolute atomic E-state index is 0.134. The Morgan fingerprint density at radius 3 is 2.59 bits per heavy atom. The number of halogens is 3. The maximum atomic E-state index is 12.6. The topological polar surface area (TPSA) is 62.5 Å². The van der Waals surface area contributed by atoms with E-state index in [4.69, 9.17) is 4.42 Å². The molecular formula is C15H14F3NO3. The molecular weight excluding hydrogens is 299 g/mol. The van der Waals surface area contributed by atoms with E-state index >= 15 is 0 Å². The van der Waals surface area contributed by atoms with Gasteiger partial charge >= 0.3 is 6.18 Å². The van der Waals surface area contributed by atoms with Crippen molar-refractivity contribution in [2.75, 3.05) is 6.54 Å². The zero-order valence-electron chi connectivity index (χ0n) is 11.6. The monoisotopic (exact) mass is 313 g/mol. The highest BCUT2D eigenvalue weighted by molar-refractivity contribution is 5.94. The highest BCUT2D eigenvalue weighted by Crippen LogP contribution is 2.29. The minimum atomic E-state index is -4.52. The van der Waals surface area contributed by atoms with Gasteiger partial charge < -0.3 is 14.8 Å². The van der Waals surface area contributed by atoms with Gasteiger partial charge in [-0.3, -0.25) is 4.79 Å². The van der Waals surface area contributed by atoms with Gasteiger partial charge in [-0.2, -0.15) is 13.2 Å². The molecule has 2 rings (SSSR count). The SMILES string of the molecule is CC(O)(CNC(=O)c1cccc(C(F)(F)F)c1)c1ccco1. The fourth-order valence-corrected chi connectivity index (χ4v) is 1.86. The van der Waals surface area contributed by atoms with E-state index in [0.29, 0.717) is 0 Å². The van der Waals surface area contributed by atoms with Crippen molar-refractivity contribution in [1.82, 2.24) is 5.32 Å². The maximum absolute atomic E-state index is 12.6. The van der Waals surface area contributed by atoms with Crippen molar-refractivity contribution in [1.29, 1.82) is 0 Å². The molecule has 1 atom stereocenters. The van der Waals surface area contributed by atoms with Crippen LogP contribution in [-0.4, -0.2) is 17.6 Å². The van der Waals surface area contributed by atoms with E-state index < -0.39 is 23.2 Å². The van der Waals surface area contributed by atoms with E-state index in [-0.39, 0.29) is 17.9 Å². The normalized spacial score (nSPS) is 14.4. The first-order valence-corrected chi connectivity index (χ1v) is 6.42. The molecule has 0 spiro atoms. The van der Waals surface area contributed by atoms with E-state index in [0.717, 1.165) is 18.2 Å². The number of furan rings is 1. The molecule has 0 saturated carbocycles. The smallest absolute Gasteiger partial charge is 0.416 e. The van der Waals surface area contributed by atoms with Crippen LogP contribution in [0.2, 0.25) is 0 Å². The number of hydrogen-bond donors (Lipinski definition) is 2. The van der Waals surface area contributed by atoms with Gasteiger partial charge in [0.2, 0.25) is 0 Å². The molecule has 0 radical (unpaired) electrons. The minimum Gasteiger partial charge on any atom is -0.466 e. The van der Waals surface area contributed by atoms with Crippen molar-refractivity contribution < 1.29 is 27.5 Å². The van der Waals surface area contributed by atoms with Crippen LogP contribution in [0.5, 0.6) is 0 Å². The lowest BCUT2D eigenvalue weighted by atomic mass is 10.0. The summed E-state index contributed by atoms with van der Waals surface area (Å²) in [5.41, 5.74) is -2.50. The van der Waals surface area contributed by atoms with Crippen molar-refractivity contribution in [3.63, 3.8) is 0 Å². The third-order valence-electron chi connectivity index (χ3n) is 3.10. The number of nitrogens with one attached hydrogen (secondary N) is 1. The van der Waals surface area contributed by atoms with Crippen LogP contribution >= 0.6 is 0 Å². The molecule has 1 unspecified atom stereocenters. The van der Waals surface area contributed by atoms with Gasteiger partial charge in [-0.15, -0.1) is 0 Å². The molecule has 4 nitrogen and oxygen atoms in total. The highest BCUT2D eigenvalue weighted by Gasteiger charge is 2.31. The van der Waals surface area contributed by atoms with Crippen molar-refractivity contribution in [2.24, 2.45) is 0 Å². The fourth-order valence-electron chi connectivity index (χ4n) is 1.86. The Hall–Kier alpha value is -2.28. The Bertz CT molecular complexity index is 648. The first kappa shape index (κ1) is 16.1. The molecule has 7 heteroatoms. The number of amides is 1. The highest BCUT2D eigenvalue weighted by atomic mass is 19.4. The summed E-state index contributed by atoms with van der Waals surface area (Å²) in [6.45, 7) is 1.23. The Kier molecular flexibility index (Phi) is 4.27. The number of rotatable bonds is 4. The Morgan fingerprint density at radius 2 is 2.00 bits per heavy atom. The second-order valence-electron chi connectivity index (χ2n) is 5.01. The molecule has 22 heavy (non-hydrogen) atoms. The molecule has 2 aromatic rings. The van der Waals surface area contributed by atoms with Gasteiger partial charge in [-0.05, 0) is 37.3 Å². The zero-order chi connectivity index (χ0) is 16.4. The molecule has 1 aromatic carbocycles. The molecule has 0 aliphatic carbocycles. The van der Waals surface area contributed by atoms with E-state index in [9.17, 15) is 23.1 Å². The first-order chi connectivity index (χ1) is 10.2. The number of alkyl halides is 3. The zero-order valence-corrected chi connectivity index (χ0v) is 11.6. The van der Waals surface area contributed by atoms with Gasteiger partial charge in [0.15, 0.2) is 0 Å². The van der Waals surface area contributed by atoms with Crippen LogP contribution in [0.4, 0.5) is 13.2 Å². The average molecular weight is 313 g/mol. The van der Waals surface area contributed by atoms with Crippen molar-refractivity contribution in [2.45, 2.75) is 18.7 Å². The van der Waals surface area contributed by atoms with Crippen LogP contribution in [0.3, 0.4) is 0 Å². The summed E-state index contributed by atoms with van der Waals surface area (Å²) in [7, 11) is 0. The number of hydrogen-bond acceptors (Lipinski definition) is 3. The van der Waals surface area contributed by atoms with Crippen LogP contribution < -0.4 is 5.32 Å². The summed E-state index contributed by atoms with van der Waals surface area (Å²) in [6.07, 6.45) is -3.14. The quantitative estimate of drug-likeness (QED) is 0.912.